The summed E-state index contributed by atoms with van der Waals surface area (Å²) >= 11 is 3.23. The highest BCUT2D eigenvalue weighted by Gasteiger charge is 2.09. The summed E-state index contributed by atoms with van der Waals surface area (Å²) in [6.07, 6.45) is 0. The Hall–Kier alpha value is -2.18. The summed E-state index contributed by atoms with van der Waals surface area (Å²) in [7, 11) is 0. The molecule has 1 aromatic heterocycles. The van der Waals surface area contributed by atoms with Crippen molar-refractivity contribution in [3.05, 3.63) is 76.5 Å². The van der Waals surface area contributed by atoms with Gasteiger partial charge < -0.3 is 5.32 Å². The number of aromatic nitrogens is 1. The fourth-order valence-corrected chi connectivity index (χ4v) is 3.39. The molecule has 2 aromatic carbocycles. The largest absolute Gasteiger partial charge is 0.319 e. The maximum absolute atomic E-state index is 13.5. The number of rotatable bonds is 5. The van der Waals surface area contributed by atoms with Crippen LogP contribution in [0.5, 0.6) is 0 Å². The molecule has 0 saturated carbocycles. The summed E-state index contributed by atoms with van der Waals surface area (Å²) in [5, 5.41) is 4.59. The van der Waals surface area contributed by atoms with Gasteiger partial charge in [0.05, 0.1) is 16.9 Å². The van der Waals surface area contributed by atoms with Crippen LogP contribution in [0.4, 0.5) is 10.1 Å². The average molecular weight is 344 g/mol. The van der Waals surface area contributed by atoms with Gasteiger partial charge in [0.15, 0.2) is 0 Å². The van der Waals surface area contributed by atoms with Gasteiger partial charge in [0.2, 0.25) is 0 Å². The highest BCUT2D eigenvalue weighted by atomic mass is 32.2. The maximum Gasteiger partial charge on any atom is 0.255 e. The third-order valence-electron chi connectivity index (χ3n) is 3.11. The Labute approximate surface area is 141 Å². The van der Waals surface area contributed by atoms with Crippen molar-refractivity contribution in [2.45, 2.75) is 10.6 Å². The van der Waals surface area contributed by atoms with Gasteiger partial charge in [-0.1, -0.05) is 12.1 Å². The van der Waals surface area contributed by atoms with Crippen LogP contribution < -0.4 is 5.32 Å². The first-order valence-electron chi connectivity index (χ1n) is 6.88. The van der Waals surface area contributed by atoms with E-state index in [1.807, 2.05) is 23.0 Å². The number of thiazole rings is 1. The highest BCUT2D eigenvalue weighted by Crippen LogP contribution is 2.23. The molecule has 0 spiro atoms. The van der Waals surface area contributed by atoms with Gasteiger partial charge in [-0.05, 0) is 36.4 Å². The van der Waals surface area contributed by atoms with Gasteiger partial charge in [-0.25, -0.2) is 9.37 Å². The van der Waals surface area contributed by atoms with Crippen LogP contribution in [0.3, 0.4) is 0 Å². The second-order valence-electron chi connectivity index (χ2n) is 4.73. The summed E-state index contributed by atoms with van der Waals surface area (Å²) in [5.74, 6) is 0.0204. The number of nitrogens with zero attached hydrogens (tertiary/aromatic N) is 1. The maximum atomic E-state index is 13.5. The molecule has 0 atom stereocenters. The fourth-order valence-electron chi connectivity index (χ4n) is 1.93. The molecule has 23 heavy (non-hydrogen) atoms. The van der Waals surface area contributed by atoms with Gasteiger partial charge in [0, 0.05) is 21.6 Å². The molecule has 6 heteroatoms. The van der Waals surface area contributed by atoms with Gasteiger partial charge in [0.25, 0.3) is 5.91 Å². The Morgan fingerprint density at radius 3 is 2.65 bits per heavy atom. The zero-order chi connectivity index (χ0) is 16.1. The Bertz CT molecular complexity index is 789. The van der Waals surface area contributed by atoms with Crippen molar-refractivity contribution >= 4 is 34.7 Å². The molecule has 1 heterocycles. The van der Waals surface area contributed by atoms with Crippen molar-refractivity contribution in [2.75, 3.05) is 5.32 Å². The molecule has 0 bridgehead atoms. The first-order chi connectivity index (χ1) is 11.2. The number of halogens is 1. The van der Waals surface area contributed by atoms with Crippen molar-refractivity contribution in [1.29, 1.82) is 0 Å². The first-order valence-corrected chi connectivity index (χ1v) is 8.81. The van der Waals surface area contributed by atoms with Gasteiger partial charge in [-0.3, -0.25) is 4.79 Å². The molecule has 0 aliphatic heterocycles. The van der Waals surface area contributed by atoms with Crippen molar-refractivity contribution in [3.63, 3.8) is 0 Å². The van der Waals surface area contributed by atoms with E-state index in [9.17, 15) is 9.18 Å². The monoisotopic (exact) mass is 344 g/mol. The van der Waals surface area contributed by atoms with Crippen LogP contribution in [0.2, 0.25) is 0 Å². The van der Waals surface area contributed by atoms with E-state index in [2.05, 4.69) is 10.3 Å². The Balaban J connectivity index is 1.62. The second-order valence-corrected chi connectivity index (χ2v) is 6.49. The van der Waals surface area contributed by atoms with E-state index in [-0.39, 0.29) is 11.6 Å². The van der Waals surface area contributed by atoms with Gasteiger partial charge >= 0.3 is 0 Å². The molecule has 0 aliphatic rings. The van der Waals surface area contributed by atoms with E-state index in [4.69, 9.17) is 0 Å². The number of carbonyl (C=O) groups excluding carboxylic acids is 1. The number of hydrogen-bond acceptors (Lipinski definition) is 4. The number of thioether (sulfide) groups is 1. The van der Waals surface area contributed by atoms with E-state index in [0.717, 1.165) is 16.3 Å². The van der Waals surface area contributed by atoms with Crippen molar-refractivity contribution in [2.24, 2.45) is 0 Å². The minimum Gasteiger partial charge on any atom is -0.319 e. The lowest BCUT2D eigenvalue weighted by Gasteiger charge is -2.07. The Morgan fingerprint density at radius 1 is 1.17 bits per heavy atom. The van der Waals surface area contributed by atoms with Crippen LogP contribution in [0.25, 0.3) is 0 Å². The third kappa shape index (κ3) is 4.18. The zero-order valence-corrected chi connectivity index (χ0v) is 13.7. The summed E-state index contributed by atoms with van der Waals surface area (Å²) in [6, 6.07) is 13.3. The molecule has 116 valence electrons. The first kappa shape index (κ1) is 15.7. The molecule has 3 aromatic rings. The molecule has 3 rings (SSSR count). The van der Waals surface area contributed by atoms with Gasteiger partial charge in [-0.15, -0.1) is 23.1 Å². The van der Waals surface area contributed by atoms with E-state index < -0.39 is 5.82 Å². The highest BCUT2D eigenvalue weighted by molar-refractivity contribution is 7.98. The van der Waals surface area contributed by atoms with Crippen LogP contribution in [0.1, 0.15) is 16.1 Å². The molecule has 1 N–H and O–H groups in total. The predicted molar refractivity (Wildman–Crippen MR) is 92.5 cm³/mol. The molecule has 3 nitrogen and oxygen atoms in total. The van der Waals surface area contributed by atoms with Crippen LogP contribution in [-0.2, 0) is 5.75 Å². The van der Waals surface area contributed by atoms with E-state index >= 15 is 0 Å². The van der Waals surface area contributed by atoms with E-state index in [1.165, 1.54) is 12.1 Å². The molecule has 0 aliphatic carbocycles. The standard InChI is InChI=1S/C17H13FN2OS2/c18-15-3-1-2-4-16(15)20-17(21)12-5-7-14(8-6-12)23-10-13-9-22-11-19-13/h1-9,11H,10H2,(H,20,21). The minimum absolute atomic E-state index is 0.180. The molecule has 0 unspecified atom stereocenters. The normalized spacial score (nSPS) is 10.5. The number of nitrogens with one attached hydrogen (secondary N) is 1. The number of para-hydroxylation sites is 1. The molecule has 0 radical (unpaired) electrons. The summed E-state index contributed by atoms with van der Waals surface area (Å²) in [5.41, 5.74) is 3.53. The average Bonchev–Trinajstić information content (AvgIpc) is 3.09. The van der Waals surface area contributed by atoms with Crippen molar-refractivity contribution < 1.29 is 9.18 Å². The third-order valence-corrected chi connectivity index (χ3v) is 4.79. The molecular formula is C17H13FN2OS2. The summed E-state index contributed by atoms with van der Waals surface area (Å²) in [4.78, 5) is 17.4. The number of hydrogen-bond donors (Lipinski definition) is 1. The van der Waals surface area contributed by atoms with Gasteiger partial charge in [0.1, 0.15) is 5.82 Å². The lowest BCUT2D eigenvalue weighted by atomic mass is 10.2. The Kier molecular flexibility index (Phi) is 5.05. The summed E-state index contributed by atoms with van der Waals surface area (Å²) < 4.78 is 13.5. The Morgan fingerprint density at radius 2 is 1.96 bits per heavy atom. The molecule has 0 fully saturated rings. The van der Waals surface area contributed by atoms with Crippen LogP contribution in [0, 0.1) is 5.82 Å². The fraction of sp³-hybridized carbons (Fsp3) is 0.0588. The van der Waals surface area contributed by atoms with E-state index in [0.29, 0.717) is 5.56 Å². The molecular weight excluding hydrogens is 331 g/mol. The van der Waals surface area contributed by atoms with Crippen LogP contribution in [0.15, 0.2) is 64.3 Å². The second kappa shape index (κ2) is 7.39. The lowest BCUT2D eigenvalue weighted by Crippen LogP contribution is -2.12. The number of carbonyl (C=O) groups is 1. The lowest BCUT2D eigenvalue weighted by molar-refractivity contribution is 0.102. The molecule has 0 saturated heterocycles. The SMILES string of the molecule is O=C(Nc1ccccc1F)c1ccc(SCc2cscn2)cc1. The van der Waals surface area contributed by atoms with Crippen LogP contribution >= 0.6 is 23.1 Å². The molecule has 1 amide bonds. The zero-order valence-electron chi connectivity index (χ0n) is 12.0. The predicted octanol–water partition coefficient (Wildman–Crippen LogP) is 4.83. The van der Waals surface area contributed by atoms with Gasteiger partial charge in [-0.2, -0.15) is 0 Å². The summed E-state index contributed by atoms with van der Waals surface area (Å²) in [6.45, 7) is 0. The van der Waals surface area contributed by atoms with Crippen molar-refractivity contribution in [3.8, 4) is 0 Å². The smallest absolute Gasteiger partial charge is 0.255 e. The number of anilines is 1. The van der Waals surface area contributed by atoms with Crippen molar-refractivity contribution in [1.82, 2.24) is 4.98 Å². The van der Waals surface area contributed by atoms with Crippen LogP contribution in [-0.4, -0.2) is 10.9 Å². The minimum atomic E-state index is -0.448. The quantitative estimate of drug-likeness (QED) is 0.674. The number of amides is 1. The topological polar surface area (TPSA) is 42.0 Å². The van der Waals surface area contributed by atoms with E-state index in [1.54, 1.807) is 47.4 Å². The number of benzene rings is 2.